The molecule has 0 amide bonds. The van der Waals surface area contributed by atoms with Gasteiger partial charge in [0, 0.05) is 44.0 Å². The van der Waals surface area contributed by atoms with Gasteiger partial charge in [-0.1, -0.05) is 32.9 Å². The molecule has 0 unspecified atom stereocenters. The molecule has 2 N–H and O–H groups in total. The van der Waals surface area contributed by atoms with Crippen LogP contribution in [0.2, 0.25) is 0 Å². The minimum Gasteiger partial charge on any atom is -0.378 e. The standard InChI is InChI=1S/C22H35N5/c1-21(2,3)15-22(4,5)25-20-19(24-18-14-23-12-13-27(18)20)16-8-10-17(11-9-16)26(6)7/h8-11,23,25H,12-15H2,1-7H3. The van der Waals surface area contributed by atoms with Crippen LogP contribution < -0.4 is 15.5 Å². The Kier molecular flexibility index (Phi) is 5.26. The molecule has 1 aromatic carbocycles. The average Bonchev–Trinajstić information content (AvgIpc) is 2.91. The molecule has 0 aliphatic carbocycles. The van der Waals surface area contributed by atoms with E-state index in [4.69, 9.17) is 4.98 Å². The third-order valence-electron chi connectivity index (χ3n) is 4.93. The number of nitrogens with zero attached hydrogens (tertiary/aromatic N) is 3. The number of rotatable bonds is 5. The molecule has 5 nitrogen and oxygen atoms in total. The Bertz CT molecular complexity index is 778. The van der Waals surface area contributed by atoms with Gasteiger partial charge in [0.2, 0.25) is 0 Å². The van der Waals surface area contributed by atoms with Crippen molar-refractivity contribution in [3.63, 3.8) is 0 Å². The molecule has 27 heavy (non-hydrogen) atoms. The summed E-state index contributed by atoms with van der Waals surface area (Å²) in [4.78, 5) is 7.12. The molecule has 2 aromatic rings. The molecule has 0 bridgehead atoms. The molecular weight excluding hydrogens is 334 g/mol. The Hall–Kier alpha value is -2.01. The van der Waals surface area contributed by atoms with Gasteiger partial charge in [-0.2, -0.15) is 0 Å². The van der Waals surface area contributed by atoms with Gasteiger partial charge in [-0.15, -0.1) is 0 Å². The molecule has 0 radical (unpaired) electrons. The SMILES string of the molecule is CN(C)c1ccc(-c2nc3n(c2NC(C)(C)CC(C)(C)C)CCNC3)cc1. The third kappa shape index (κ3) is 4.64. The molecule has 3 rings (SSSR count). The summed E-state index contributed by atoms with van der Waals surface area (Å²) in [6.45, 7) is 14.2. The van der Waals surface area contributed by atoms with E-state index in [1.807, 2.05) is 0 Å². The van der Waals surface area contributed by atoms with E-state index in [2.05, 4.69) is 93.1 Å². The Morgan fingerprint density at radius 1 is 1.11 bits per heavy atom. The highest BCUT2D eigenvalue weighted by Crippen LogP contribution is 2.35. The average molecular weight is 370 g/mol. The predicted molar refractivity (Wildman–Crippen MR) is 115 cm³/mol. The normalized spacial score (nSPS) is 14.8. The Balaban J connectivity index is 2.00. The highest BCUT2D eigenvalue weighted by Gasteiger charge is 2.29. The quantitative estimate of drug-likeness (QED) is 0.823. The number of benzene rings is 1. The summed E-state index contributed by atoms with van der Waals surface area (Å²) in [6, 6.07) is 8.68. The van der Waals surface area contributed by atoms with E-state index in [0.29, 0.717) is 0 Å². The number of aromatic nitrogens is 2. The highest BCUT2D eigenvalue weighted by molar-refractivity contribution is 5.74. The van der Waals surface area contributed by atoms with Gasteiger partial charge in [-0.3, -0.25) is 0 Å². The van der Waals surface area contributed by atoms with Gasteiger partial charge in [0.25, 0.3) is 0 Å². The van der Waals surface area contributed by atoms with Crippen LogP contribution in [0.3, 0.4) is 0 Å². The number of hydrogen-bond acceptors (Lipinski definition) is 4. The lowest BCUT2D eigenvalue weighted by atomic mass is 9.82. The number of hydrogen-bond donors (Lipinski definition) is 2. The highest BCUT2D eigenvalue weighted by atomic mass is 15.2. The van der Waals surface area contributed by atoms with Crippen LogP contribution >= 0.6 is 0 Å². The molecule has 5 heteroatoms. The van der Waals surface area contributed by atoms with Crippen LogP contribution in [-0.2, 0) is 13.1 Å². The second-order valence-corrected chi connectivity index (χ2v) is 9.74. The van der Waals surface area contributed by atoms with Gasteiger partial charge in [0.05, 0.1) is 6.54 Å². The lowest BCUT2D eigenvalue weighted by molar-refractivity contribution is 0.301. The molecule has 0 atom stereocenters. The lowest BCUT2D eigenvalue weighted by Crippen LogP contribution is -2.37. The molecule has 1 aliphatic heterocycles. The Morgan fingerprint density at radius 2 is 1.78 bits per heavy atom. The van der Waals surface area contributed by atoms with E-state index in [-0.39, 0.29) is 11.0 Å². The number of imidazole rings is 1. The van der Waals surface area contributed by atoms with Gasteiger partial charge in [0.15, 0.2) is 0 Å². The molecule has 0 fully saturated rings. The summed E-state index contributed by atoms with van der Waals surface area (Å²) in [5, 5.41) is 7.29. The van der Waals surface area contributed by atoms with Crippen molar-refractivity contribution in [3.05, 3.63) is 30.1 Å². The van der Waals surface area contributed by atoms with Gasteiger partial charge < -0.3 is 20.1 Å². The molecule has 0 saturated carbocycles. The van der Waals surface area contributed by atoms with E-state index in [1.165, 1.54) is 5.69 Å². The van der Waals surface area contributed by atoms with Crippen molar-refractivity contribution in [3.8, 4) is 11.3 Å². The van der Waals surface area contributed by atoms with Crippen LogP contribution in [0, 0.1) is 5.41 Å². The number of anilines is 2. The third-order valence-corrected chi connectivity index (χ3v) is 4.93. The van der Waals surface area contributed by atoms with Crippen molar-refractivity contribution >= 4 is 11.5 Å². The summed E-state index contributed by atoms with van der Waals surface area (Å²) >= 11 is 0. The van der Waals surface area contributed by atoms with E-state index < -0.39 is 0 Å². The Morgan fingerprint density at radius 3 is 2.37 bits per heavy atom. The van der Waals surface area contributed by atoms with Crippen molar-refractivity contribution in [2.24, 2.45) is 5.41 Å². The topological polar surface area (TPSA) is 45.1 Å². The summed E-state index contributed by atoms with van der Waals surface area (Å²) < 4.78 is 2.36. The van der Waals surface area contributed by atoms with Crippen molar-refractivity contribution in [1.29, 1.82) is 0 Å². The van der Waals surface area contributed by atoms with E-state index in [1.54, 1.807) is 0 Å². The molecule has 1 aromatic heterocycles. The van der Waals surface area contributed by atoms with Crippen LogP contribution in [0.25, 0.3) is 11.3 Å². The maximum absolute atomic E-state index is 5.00. The minimum atomic E-state index is -0.0156. The summed E-state index contributed by atoms with van der Waals surface area (Å²) in [5.74, 6) is 2.26. The largest absolute Gasteiger partial charge is 0.378 e. The molecule has 0 saturated heterocycles. The van der Waals surface area contributed by atoms with Gasteiger partial charge in [-0.05, 0) is 37.8 Å². The van der Waals surface area contributed by atoms with E-state index >= 15 is 0 Å². The maximum atomic E-state index is 5.00. The lowest BCUT2D eigenvalue weighted by Gasteiger charge is -2.35. The van der Waals surface area contributed by atoms with Crippen LogP contribution in [0.4, 0.5) is 11.5 Å². The fraction of sp³-hybridized carbons (Fsp3) is 0.591. The first-order valence-corrected chi connectivity index (χ1v) is 9.92. The van der Waals surface area contributed by atoms with Gasteiger partial charge in [0.1, 0.15) is 17.3 Å². The van der Waals surface area contributed by atoms with Gasteiger partial charge >= 0.3 is 0 Å². The predicted octanol–water partition coefficient (Wildman–Crippen LogP) is 4.35. The van der Waals surface area contributed by atoms with E-state index in [9.17, 15) is 0 Å². The van der Waals surface area contributed by atoms with Crippen LogP contribution in [0.5, 0.6) is 0 Å². The minimum absolute atomic E-state index is 0.0156. The maximum Gasteiger partial charge on any atom is 0.134 e. The molecule has 2 heterocycles. The van der Waals surface area contributed by atoms with E-state index in [0.717, 1.165) is 49.0 Å². The first-order valence-electron chi connectivity index (χ1n) is 9.92. The summed E-state index contributed by atoms with van der Waals surface area (Å²) in [7, 11) is 4.13. The molecule has 0 spiro atoms. The summed E-state index contributed by atoms with van der Waals surface area (Å²) in [5.41, 5.74) is 3.67. The monoisotopic (exact) mass is 369 g/mol. The fourth-order valence-corrected chi connectivity index (χ4v) is 4.20. The number of fused-ring (bicyclic) bond motifs is 1. The molecular formula is C22H35N5. The van der Waals surface area contributed by atoms with Crippen LogP contribution in [0.15, 0.2) is 24.3 Å². The zero-order chi connectivity index (χ0) is 19.8. The van der Waals surface area contributed by atoms with Crippen molar-refractivity contribution < 1.29 is 0 Å². The van der Waals surface area contributed by atoms with Crippen molar-refractivity contribution in [2.75, 3.05) is 30.9 Å². The van der Waals surface area contributed by atoms with Crippen molar-refractivity contribution in [2.45, 2.75) is 59.7 Å². The fourth-order valence-electron chi connectivity index (χ4n) is 4.20. The van der Waals surface area contributed by atoms with Crippen molar-refractivity contribution in [1.82, 2.24) is 14.9 Å². The Labute approximate surface area is 164 Å². The molecule has 148 valence electrons. The smallest absolute Gasteiger partial charge is 0.134 e. The summed E-state index contributed by atoms with van der Waals surface area (Å²) in [6.07, 6.45) is 1.08. The first kappa shape index (κ1) is 19.7. The molecule has 1 aliphatic rings. The van der Waals surface area contributed by atoms with Gasteiger partial charge in [-0.25, -0.2) is 4.98 Å². The number of nitrogens with one attached hydrogen (secondary N) is 2. The second kappa shape index (κ2) is 7.19. The van der Waals surface area contributed by atoms with Crippen LogP contribution in [0.1, 0.15) is 46.9 Å². The van der Waals surface area contributed by atoms with Crippen LogP contribution in [-0.4, -0.2) is 35.7 Å². The first-order chi connectivity index (χ1) is 12.6. The zero-order valence-electron chi connectivity index (χ0n) is 18.0. The second-order valence-electron chi connectivity index (χ2n) is 9.74. The zero-order valence-corrected chi connectivity index (χ0v) is 18.0.